The second-order valence-electron chi connectivity index (χ2n) is 30.0. The number of hydrogen-bond acceptors (Lipinski definition) is 8. The summed E-state index contributed by atoms with van der Waals surface area (Å²) < 4.78 is 11.3. The van der Waals surface area contributed by atoms with Crippen molar-refractivity contribution in [1.82, 2.24) is 5.32 Å². The maximum Gasteiger partial charge on any atom is 0.220 e. The van der Waals surface area contributed by atoms with Gasteiger partial charge in [-0.15, -0.1) is 0 Å². The highest BCUT2D eigenvalue weighted by Crippen LogP contribution is 2.24. The van der Waals surface area contributed by atoms with E-state index in [0.717, 1.165) is 38.5 Å². The fourth-order valence-electron chi connectivity index (χ4n) is 14.2. The lowest BCUT2D eigenvalue weighted by atomic mass is 9.99. The molecule has 1 saturated heterocycles. The first kappa shape index (κ1) is 90.7. The largest absolute Gasteiger partial charge is 0.394 e. The van der Waals surface area contributed by atoms with Gasteiger partial charge in [0.2, 0.25) is 5.91 Å². The summed E-state index contributed by atoms with van der Waals surface area (Å²) >= 11 is 0. The number of nitrogens with one attached hydrogen (secondary N) is 1. The van der Waals surface area contributed by atoms with E-state index < -0.39 is 49.5 Å². The van der Waals surface area contributed by atoms with Crippen molar-refractivity contribution in [2.75, 3.05) is 13.2 Å². The van der Waals surface area contributed by atoms with Crippen LogP contribution >= 0.6 is 0 Å². The highest BCUT2D eigenvalue weighted by atomic mass is 16.7. The normalized spacial score (nSPS) is 17.5. The van der Waals surface area contributed by atoms with E-state index in [4.69, 9.17) is 9.47 Å². The van der Waals surface area contributed by atoms with Crippen LogP contribution in [0.25, 0.3) is 0 Å². The van der Waals surface area contributed by atoms with Crippen LogP contribution < -0.4 is 5.32 Å². The molecule has 0 saturated carbocycles. The lowest BCUT2D eigenvalue weighted by Gasteiger charge is -2.40. The van der Waals surface area contributed by atoms with Crippen molar-refractivity contribution in [3.05, 3.63) is 24.3 Å². The molecule has 1 aliphatic rings. The van der Waals surface area contributed by atoms with E-state index in [0.29, 0.717) is 6.42 Å². The first-order valence-electron chi connectivity index (χ1n) is 42.6. The Bertz CT molecular complexity index is 1540. The van der Waals surface area contributed by atoms with Crippen molar-refractivity contribution in [1.29, 1.82) is 0 Å². The number of aliphatic hydroxyl groups is 5. The van der Waals surface area contributed by atoms with Crippen LogP contribution in [0.4, 0.5) is 0 Å². The molecule has 558 valence electrons. The third-order valence-corrected chi connectivity index (χ3v) is 20.8. The number of unbranched alkanes of at least 4 members (excludes halogenated alkanes) is 65. The Morgan fingerprint density at radius 1 is 0.351 bits per heavy atom. The van der Waals surface area contributed by atoms with Gasteiger partial charge in [0.15, 0.2) is 6.29 Å². The number of hydrogen-bond donors (Lipinski definition) is 6. The molecular weight excluding hydrogens is 1160 g/mol. The summed E-state index contributed by atoms with van der Waals surface area (Å²) in [6.07, 6.45) is 93.7. The summed E-state index contributed by atoms with van der Waals surface area (Å²) in [5.74, 6) is -0.176. The maximum absolute atomic E-state index is 13.2. The lowest BCUT2D eigenvalue weighted by molar-refractivity contribution is -0.302. The SMILES string of the molecule is CCCCCCCCCCCCCCCCCCCCCCCCCCC/C=C/CC/C=C/C(O)C(COC1OC(CO)C(O)C(O)C1O)NC(=O)CCCCCCCCCCCCCCCCCCCCCCCCCCCCCCCCCCCCCCCCCC. The van der Waals surface area contributed by atoms with Gasteiger partial charge in [0.25, 0.3) is 0 Å². The van der Waals surface area contributed by atoms with Crippen LogP contribution in [0.1, 0.15) is 457 Å². The monoisotopic (exact) mass is 1330 g/mol. The van der Waals surface area contributed by atoms with Gasteiger partial charge < -0.3 is 40.3 Å². The highest BCUT2D eigenvalue weighted by molar-refractivity contribution is 5.76. The third kappa shape index (κ3) is 61.7. The van der Waals surface area contributed by atoms with Gasteiger partial charge in [0, 0.05) is 6.42 Å². The number of allylic oxidation sites excluding steroid dienone is 3. The molecule has 1 amide bonds. The lowest BCUT2D eigenvalue weighted by Crippen LogP contribution is -2.60. The van der Waals surface area contributed by atoms with Crippen LogP contribution in [0.2, 0.25) is 0 Å². The van der Waals surface area contributed by atoms with E-state index in [1.54, 1.807) is 6.08 Å². The fraction of sp³-hybridized carbons (Fsp3) is 0.941. The molecule has 7 unspecified atom stereocenters. The van der Waals surface area contributed by atoms with E-state index in [-0.39, 0.29) is 12.5 Å². The number of aliphatic hydroxyl groups excluding tert-OH is 5. The van der Waals surface area contributed by atoms with Crippen molar-refractivity contribution in [3.63, 3.8) is 0 Å². The molecule has 1 aliphatic heterocycles. The maximum atomic E-state index is 13.2. The van der Waals surface area contributed by atoms with E-state index in [1.807, 2.05) is 6.08 Å². The highest BCUT2D eigenvalue weighted by Gasteiger charge is 2.44. The van der Waals surface area contributed by atoms with Crippen LogP contribution in [-0.4, -0.2) is 87.5 Å². The van der Waals surface area contributed by atoms with Gasteiger partial charge in [-0.1, -0.05) is 443 Å². The van der Waals surface area contributed by atoms with Crippen LogP contribution in [0.15, 0.2) is 24.3 Å². The average molecular weight is 1330 g/mol. The summed E-state index contributed by atoms with van der Waals surface area (Å²) in [6, 6.07) is -0.821. The first-order valence-corrected chi connectivity index (χ1v) is 42.6. The van der Waals surface area contributed by atoms with E-state index in [1.165, 1.54) is 398 Å². The molecule has 0 aliphatic carbocycles. The van der Waals surface area contributed by atoms with Gasteiger partial charge in [-0.25, -0.2) is 0 Å². The summed E-state index contributed by atoms with van der Waals surface area (Å²) in [4.78, 5) is 13.2. The number of amides is 1. The van der Waals surface area contributed by atoms with Crippen molar-refractivity contribution in [2.24, 2.45) is 0 Å². The van der Waals surface area contributed by atoms with Gasteiger partial charge in [-0.2, -0.15) is 0 Å². The minimum absolute atomic E-state index is 0.176. The number of carbonyl (C=O) groups excluding carboxylic acids is 1. The Hall–Kier alpha value is -1.33. The first-order chi connectivity index (χ1) is 46.3. The van der Waals surface area contributed by atoms with Crippen molar-refractivity contribution >= 4 is 5.91 Å². The van der Waals surface area contributed by atoms with Gasteiger partial charge in [-0.3, -0.25) is 4.79 Å². The van der Waals surface area contributed by atoms with Crippen LogP contribution in [-0.2, 0) is 14.3 Å². The molecule has 0 bridgehead atoms. The predicted molar refractivity (Wildman–Crippen MR) is 406 cm³/mol. The molecule has 0 radical (unpaired) electrons. The van der Waals surface area contributed by atoms with Gasteiger partial charge in [0.05, 0.1) is 25.4 Å². The molecule has 9 heteroatoms. The molecule has 6 N–H and O–H groups in total. The molecule has 9 nitrogen and oxygen atoms in total. The Morgan fingerprint density at radius 2 is 0.606 bits per heavy atom. The van der Waals surface area contributed by atoms with Crippen molar-refractivity contribution in [2.45, 2.75) is 500 Å². The third-order valence-electron chi connectivity index (χ3n) is 20.8. The Kier molecular flexibility index (Phi) is 71.7. The smallest absolute Gasteiger partial charge is 0.220 e. The minimum Gasteiger partial charge on any atom is -0.394 e. The van der Waals surface area contributed by atoms with Crippen LogP contribution in [0.3, 0.4) is 0 Å². The molecule has 0 spiro atoms. The van der Waals surface area contributed by atoms with Crippen LogP contribution in [0.5, 0.6) is 0 Å². The molecule has 0 aromatic carbocycles. The molecule has 0 aromatic rings. The molecule has 1 fully saturated rings. The number of carbonyl (C=O) groups is 1. The Balaban J connectivity index is 2.03. The van der Waals surface area contributed by atoms with Gasteiger partial charge in [0.1, 0.15) is 24.4 Å². The molecule has 1 rings (SSSR count). The zero-order valence-corrected chi connectivity index (χ0v) is 63.0. The molecule has 94 heavy (non-hydrogen) atoms. The number of rotatable bonds is 77. The minimum atomic E-state index is -1.57. The van der Waals surface area contributed by atoms with Crippen molar-refractivity contribution < 1.29 is 39.8 Å². The Morgan fingerprint density at radius 3 is 0.894 bits per heavy atom. The molecular formula is C85H165NO8. The molecule has 1 heterocycles. The second-order valence-corrected chi connectivity index (χ2v) is 30.0. The van der Waals surface area contributed by atoms with E-state index >= 15 is 0 Å². The number of ether oxygens (including phenoxy) is 2. The van der Waals surface area contributed by atoms with Gasteiger partial charge in [-0.05, 0) is 32.1 Å². The van der Waals surface area contributed by atoms with Crippen molar-refractivity contribution in [3.8, 4) is 0 Å². The zero-order valence-electron chi connectivity index (χ0n) is 63.0. The summed E-state index contributed by atoms with van der Waals surface area (Å²) in [5, 5.41) is 54.9. The molecule has 0 aromatic heterocycles. The standard InChI is InChI=1S/C85H165NO8/c1-3-5-7-9-11-13-15-17-19-21-23-25-27-29-31-33-35-36-37-38-39-40-41-42-43-45-47-49-51-53-55-57-59-61-63-65-67-69-71-73-75-81(89)86-78(77-93-85-84(92)83(91)82(90)80(76-87)94-85)79(88)74-72-70-68-66-64-62-60-58-56-54-52-50-48-46-44-34-32-30-28-26-24-22-20-18-16-14-12-10-8-6-4-2/h64,66,72,74,78-80,82-85,87-88,90-92H,3-63,65,67-71,73,75-77H2,1-2H3,(H,86,89)/b66-64+,74-72+. The van der Waals surface area contributed by atoms with Crippen LogP contribution in [0, 0.1) is 0 Å². The van der Waals surface area contributed by atoms with E-state index in [2.05, 4.69) is 31.3 Å². The fourth-order valence-corrected chi connectivity index (χ4v) is 14.2. The topological polar surface area (TPSA) is 149 Å². The zero-order chi connectivity index (χ0) is 67.8. The van der Waals surface area contributed by atoms with Gasteiger partial charge >= 0.3 is 0 Å². The Labute approximate surface area is 585 Å². The summed E-state index contributed by atoms with van der Waals surface area (Å²) in [7, 11) is 0. The summed E-state index contributed by atoms with van der Waals surface area (Å²) in [5.41, 5.74) is 0. The molecule has 7 atom stereocenters. The quantitative estimate of drug-likeness (QED) is 0.0261. The second kappa shape index (κ2) is 74.4. The summed E-state index contributed by atoms with van der Waals surface area (Å²) in [6.45, 7) is 3.84. The average Bonchev–Trinajstić information content (AvgIpc) is 0.829. The van der Waals surface area contributed by atoms with E-state index in [9.17, 15) is 30.3 Å². The predicted octanol–water partition coefficient (Wildman–Crippen LogP) is 24.7.